The number of ether oxygens (including phenoxy) is 1. The largest absolute Gasteiger partial charge is 0.457 e. The van der Waals surface area contributed by atoms with Gasteiger partial charge in [0.25, 0.3) is 0 Å². The Morgan fingerprint density at radius 1 is 1.24 bits per heavy atom. The van der Waals surface area contributed by atoms with Crippen molar-refractivity contribution in [2.45, 2.75) is 32.4 Å². The van der Waals surface area contributed by atoms with E-state index in [4.69, 9.17) is 16.3 Å². The van der Waals surface area contributed by atoms with Crippen molar-refractivity contribution in [1.29, 1.82) is 0 Å². The van der Waals surface area contributed by atoms with E-state index in [0.717, 1.165) is 11.1 Å². The molecule has 0 aliphatic heterocycles. The van der Waals surface area contributed by atoms with Crippen LogP contribution in [0.2, 0.25) is 5.02 Å². The van der Waals surface area contributed by atoms with Crippen LogP contribution in [0.15, 0.2) is 36.4 Å². The molecular formula is C17H17ClFNO. The Labute approximate surface area is 128 Å². The molecule has 110 valence electrons. The van der Waals surface area contributed by atoms with E-state index in [1.807, 2.05) is 25.1 Å². The van der Waals surface area contributed by atoms with Crippen molar-refractivity contribution in [3.63, 3.8) is 0 Å². The highest BCUT2D eigenvalue weighted by molar-refractivity contribution is 6.31. The van der Waals surface area contributed by atoms with Crippen LogP contribution in [0.1, 0.15) is 24.0 Å². The molecule has 0 atom stereocenters. The Hall–Kier alpha value is -1.58. The van der Waals surface area contributed by atoms with Gasteiger partial charge in [0.2, 0.25) is 0 Å². The van der Waals surface area contributed by atoms with Crippen molar-refractivity contribution < 1.29 is 9.13 Å². The zero-order chi connectivity index (χ0) is 14.8. The van der Waals surface area contributed by atoms with E-state index >= 15 is 0 Å². The Morgan fingerprint density at radius 2 is 2.05 bits per heavy atom. The van der Waals surface area contributed by atoms with Crippen LogP contribution in [0, 0.1) is 12.7 Å². The Morgan fingerprint density at radius 3 is 2.81 bits per heavy atom. The quantitative estimate of drug-likeness (QED) is 0.854. The molecule has 0 heterocycles. The molecule has 2 aromatic rings. The summed E-state index contributed by atoms with van der Waals surface area (Å²) >= 11 is 6.28. The highest BCUT2D eigenvalue weighted by Crippen LogP contribution is 2.33. The van der Waals surface area contributed by atoms with Gasteiger partial charge in [-0.25, -0.2) is 4.39 Å². The van der Waals surface area contributed by atoms with Gasteiger partial charge in [0.15, 0.2) is 0 Å². The molecule has 1 aliphatic rings. The van der Waals surface area contributed by atoms with Gasteiger partial charge in [0.05, 0.1) is 0 Å². The lowest BCUT2D eigenvalue weighted by Crippen LogP contribution is -2.16. The van der Waals surface area contributed by atoms with E-state index in [2.05, 4.69) is 5.32 Å². The topological polar surface area (TPSA) is 21.3 Å². The van der Waals surface area contributed by atoms with Crippen LogP contribution >= 0.6 is 11.6 Å². The minimum Gasteiger partial charge on any atom is -0.457 e. The third-order valence-corrected chi connectivity index (χ3v) is 3.94. The summed E-state index contributed by atoms with van der Waals surface area (Å²) in [6, 6.07) is 10.7. The van der Waals surface area contributed by atoms with Crippen molar-refractivity contribution in [3.8, 4) is 11.5 Å². The summed E-state index contributed by atoms with van der Waals surface area (Å²) in [5, 5.41) is 4.09. The van der Waals surface area contributed by atoms with Crippen LogP contribution in [0.25, 0.3) is 0 Å². The number of halogens is 2. The lowest BCUT2D eigenvalue weighted by atomic mass is 10.2. The molecule has 0 spiro atoms. The molecule has 0 unspecified atom stereocenters. The lowest BCUT2D eigenvalue weighted by Gasteiger charge is -2.14. The number of hydrogen-bond acceptors (Lipinski definition) is 2. The molecule has 1 fully saturated rings. The van der Waals surface area contributed by atoms with E-state index in [0.29, 0.717) is 29.1 Å². The van der Waals surface area contributed by atoms with E-state index in [1.54, 1.807) is 6.07 Å². The summed E-state index contributed by atoms with van der Waals surface area (Å²) in [5.74, 6) is 0.879. The summed E-state index contributed by atoms with van der Waals surface area (Å²) in [5.41, 5.74) is 1.80. The molecule has 1 N–H and O–H groups in total. The second-order valence-corrected chi connectivity index (χ2v) is 5.79. The van der Waals surface area contributed by atoms with E-state index in [1.165, 1.54) is 25.0 Å². The van der Waals surface area contributed by atoms with E-state index < -0.39 is 0 Å². The fourth-order valence-corrected chi connectivity index (χ4v) is 2.37. The van der Waals surface area contributed by atoms with Crippen LogP contribution < -0.4 is 10.1 Å². The lowest BCUT2D eigenvalue weighted by molar-refractivity contribution is 0.464. The van der Waals surface area contributed by atoms with Crippen LogP contribution in [0.4, 0.5) is 4.39 Å². The summed E-state index contributed by atoms with van der Waals surface area (Å²) in [6.45, 7) is 2.55. The third kappa shape index (κ3) is 3.55. The zero-order valence-electron chi connectivity index (χ0n) is 11.8. The second kappa shape index (κ2) is 6.04. The first-order chi connectivity index (χ1) is 10.1. The smallest absolute Gasteiger partial charge is 0.133 e. The molecule has 4 heteroatoms. The van der Waals surface area contributed by atoms with E-state index in [9.17, 15) is 4.39 Å². The molecule has 3 rings (SSSR count). The summed E-state index contributed by atoms with van der Waals surface area (Å²) in [4.78, 5) is 0. The minimum absolute atomic E-state index is 0.310. The molecule has 0 saturated heterocycles. The molecule has 0 bridgehead atoms. The number of hydrogen-bond donors (Lipinski definition) is 1. The average Bonchev–Trinajstić information content (AvgIpc) is 3.26. The van der Waals surface area contributed by atoms with Crippen LogP contribution in [-0.2, 0) is 6.54 Å². The van der Waals surface area contributed by atoms with Gasteiger partial charge in [0, 0.05) is 29.2 Å². The van der Waals surface area contributed by atoms with Gasteiger partial charge in [-0.1, -0.05) is 23.7 Å². The molecule has 0 aromatic heterocycles. The van der Waals surface area contributed by atoms with Crippen molar-refractivity contribution in [1.82, 2.24) is 5.32 Å². The van der Waals surface area contributed by atoms with Gasteiger partial charge in [-0.05, 0) is 43.5 Å². The van der Waals surface area contributed by atoms with Gasteiger partial charge in [-0.3, -0.25) is 0 Å². The van der Waals surface area contributed by atoms with Crippen LogP contribution in [-0.4, -0.2) is 6.04 Å². The molecule has 2 nitrogen and oxygen atoms in total. The van der Waals surface area contributed by atoms with Crippen LogP contribution in [0.5, 0.6) is 11.5 Å². The highest BCUT2D eigenvalue weighted by atomic mass is 35.5. The Bertz CT molecular complexity index is 655. The predicted molar refractivity (Wildman–Crippen MR) is 82.5 cm³/mol. The molecule has 2 aromatic carbocycles. The zero-order valence-corrected chi connectivity index (χ0v) is 12.6. The molecule has 1 saturated carbocycles. The predicted octanol–water partition coefficient (Wildman–Crippen LogP) is 4.83. The number of benzene rings is 2. The van der Waals surface area contributed by atoms with Gasteiger partial charge in [0.1, 0.15) is 17.3 Å². The maximum absolute atomic E-state index is 13.4. The van der Waals surface area contributed by atoms with E-state index in [-0.39, 0.29) is 5.82 Å². The van der Waals surface area contributed by atoms with Gasteiger partial charge in [-0.15, -0.1) is 0 Å². The van der Waals surface area contributed by atoms with Gasteiger partial charge in [-0.2, -0.15) is 0 Å². The first kappa shape index (κ1) is 14.4. The monoisotopic (exact) mass is 305 g/mol. The highest BCUT2D eigenvalue weighted by Gasteiger charge is 2.21. The summed E-state index contributed by atoms with van der Waals surface area (Å²) < 4.78 is 19.3. The SMILES string of the molecule is Cc1ccc(F)cc1Oc1cccc(Cl)c1CNC1CC1. The van der Waals surface area contributed by atoms with Gasteiger partial charge >= 0.3 is 0 Å². The van der Waals surface area contributed by atoms with Gasteiger partial charge < -0.3 is 10.1 Å². The maximum Gasteiger partial charge on any atom is 0.133 e. The van der Waals surface area contributed by atoms with Crippen molar-refractivity contribution in [3.05, 3.63) is 58.4 Å². The molecule has 0 radical (unpaired) electrons. The van der Waals surface area contributed by atoms with Crippen LogP contribution in [0.3, 0.4) is 0 Å². The standard InChI is InChI=1S/C17H17ClFNO/c1-11-5-6-12(19)9-17(11)21-16-4-2-3-15(18)14(16)10-20-13-7-8-13/h2-6,9,13,20H,7-8,10H2,1H3. The fraction of sp³-hybridized carbons (Fsp3) is 0.294. The Kier molecular flexibility index (Phi) is 4.13. The molecular weight excluding hydrogens is 289 g/mol. The molecule has 21 heavy (non-hydrogen) atoms. The fourth-order valence-electron chi connectivity index (χ4n) is 2.14. The van der Waals surface area contributed by atoms with Crippen molar-refractivity contribution in [2.24, 2.45) is 0 Å². The maximum atomic E-state index is 13.4. The van der Waals surface area contributed by atoms with Crippen molar-refractivity contribution >= 4 is 11.6 Å². The molecule has 0 amide bonds. The average molecular weight is 306 g/mol. The number of aryl methyl sites for hydroxylation is 1. The summed E-state index contributed by atoms with van der Waals surface area (Å²) in [7, 11) is 0. The first-order valence-electron chi connectivity index (χ1n) is 7.08. The Balaban J connectivity index is 1.86. The minimum atomic E-state index is -0.310. The number of rotatable bonds is 5. The molecule has 1 aliphatic carbocycles. The number of nitrogens with one attached hydrogen (secondary N) is 1. The summed E-state index contributed by atoms with van der Waals surface area (Å²) in [6.07, 6.45) is 2.42. The third-order valence-electron chi connectivity index (χ3n) is 3.59. The normalized spacial score (nSPS) is 14.2. The second-order valence-electron chi connectivity index (χ2n) is 5.38. The first-order valence-corrected chi connectivity index (χ1v) is 7.46. The van der Waals surface area contributed by atoms with Crippen molar-refractivity contribution in [2.75, 3.05) is 0 Å².